The molecule has 61 valence electrons. The van der Waals surface area contributed by atoms with E-state index in [0.29, 0.717) is 0 Å². The average molecular weight is 273 g/mol. The topological polar surface area (TPSA) is 17.1 Å². The molecule has 0 spiro atoms. The van der Waals surface area contributed by atoms with Crippen LogP contribution in [0.5, 0.6) is 0 Å². The number of allylic oxidation sites excluding steroid dienone is 6. The number of carbonyl (C=O) groups excluding carboxylic acids is 1. The zero-order valence-electron chi connectivity index (χ0n) is 6.83. The van der Waals surface area contributed by atoms with Crippen molar-refractivity contribution >= 4 is 29.8 Å². The summed E-state index contributed by atoms with van der Waals surface area (Å²) in [5.41, 5.74) is 0.977. The molecule has 2 heteroatoms. The van der Waals surface area contributed by atoms with Gasteiger partial charge in [0.2, 0.25) is 0 Å². The van der Waals surface area contributed by atoms with Crippen LogP contribution < -0.4 is 0 Å². The van der Waals surface area contributed by atoms with Crippen molar-refractivity contribution in [3.8, 4) is 0 Å². The summed E-state index contributed by atoms with van der Waals surface area (Å²) in [6, 6.07) is 0. The number of ketones is 1. The van der Waals surface area contributed by atoms with Gasteiger partial charge in [-0.25, -0.2) is 0 Å². The molecular weight excluding hydrogens is 264 g/mol. The Labute approximate surface area is 81.4 Å². The first-order valence-corrected chi connectivity index (χ1v) is 6.24. The Morgan fingerprint density at radius 1 is 1.50 bits per heavy atom. The predicted molar refractivity (Wildman–Crippen MR) is 51.4 cm³/mol. The summed E-state index contributed by atoms with van der Waals surface area (Å²) < 4.78 is 2.88. The van der Waals surface area contributed by atoms with Gasteiger partial charge in [-0.05, 0) is 0 Å². The predicted octanol–water partition coefficient (Wildman–Crippen LogP) is 1.24. The van der Waals surface area contributed by atoms with Crippen molar-refractivity contribution < 1.29 is 4.79 Å². The van der Waals surface area contributed by atoms with Gasteiger partial charge in [0.1, 0.15) is 0 Å². The molecule has 2 aliphatic rings. The van der Waals surface area contributed by atoms with Crippen molar-refractivity contribution in [2.45, 2.75) is 13.3 Å². The van der Waals surface area contributed by atoms with Crippen LogP contribution in [0, 0.1) is 0 Å². The van der Waals surface area contributed by atoms with Crippen molar-refractivity contribution in [3.05, 3.63) is 33.5 Å². The van der Waals surface area contributed by atoms with E-state index < -0.39 is 0 Å². The van der Waals surface area contributed by atoms with E-state index in [4.69, 9.17) is 0 Å². The first-order valence-electron chi connectivity index (χ1n) is 3.91. The zero-order valence-corrected chi connectivity index (χ0v) is 9.16. The fourth-order valence-electron chi connectivity index (χ4n) is 1.29. The standard InChI is InChI=1S/C10H9OTe/c1-7-5-6-8-9(11)3-2-4-10(8)12-7/h2-4,6H,5H2,1H3. The maximum atomic E-state index is 11.4. The van der Waals surface area contributed by atoms with Crippen molar-refractivity contribution in [1.82, 2.24) is 0 Å². The molecule has 0 bridgehead atoms. The third kappa shape index (κ3) is 1.37. The maximum absolute atomic E-state index is 11.4. The fourth-order valence-corrected chi connectivity index (χ4v) is 4.09. The molecule has 1 heterocycles. The monoisotopic (exact) mass is 275 g/mol. The average Bonchev–Trinajstić information content (AvgIpc) is 2.04. The van der Waals surface area contributed by atoms with Gasteiger partial charge in [-0.3, -0.25) is 0 Å². The fraction of sp³-hybridized carbons (Fsp3) is 0.200. The molecule has 1 aliphatic heterocycles. The van der Waals surface area contributed by atoms with Crippen LogP contribution in [-0.4, -0.2) is 29.8 Å². The second-order valence-corrected chi connectivity index (χ2v) is 6.71. The molecule has 0 unspecified atom stereocenters. The van der Waals surface area contributed by atoms with Crippen LogP contribution in [0.1, 0.15) is 13.3 Å². The Kier molecular flexibility index (Phi) is 2.12. The second kappa shape index (κ2) is 3.12. The van der Waals surface area contributed by atoms with Crippen molar-refractivity contribution in [2.75, 3.05) is 0 Å². The van der Waals surface area contributed by atoms with Gasteiger partial charge in [-0.15, -0.1) is 0 Å². The minimum absolute atomic E-state index is 0.176. The number of hydrogen-bond donors (Lipinski definition) is 0. The number of carbonyl (C=O) groups is 1. The molecule has 0 saturated heterocycles. The molecule has 0 N–H and O–H groups in total. The van der Waals surface area contributed by atoms with Crippen LogP contribution in [0.15, 0.2) is 33.5 Å². The molecule has 0 amide bonds. The van der Waals surface area contributed by atoms with Crippen LogP contribution in [-0.2, 0) is 4.79 Å². The molecule has 2 rings (SSSR count). The van der Waals surface area contributed by atoms with Gasteiger partial charge in [0.05, 0.1) is 0 Å². The molecule has 0 saturated carbocycles. The summed E-state index contributed by atoms with van der Waals surface area (Å²) in [6.45, 7) is 2.19. The van der Waals surface area contributed by atoms with E-state index in [-0.39, 0.29) is 26.2 Å². The summed E-state index contributed by atoms with van der Waals surface area (Å²) >= 11 is -0.176. The van der Waals surface area contributed by atoms with Gasteiger partial charge >= 0.3 is 81.4 Å². The van der Waals surface area contributed by atoms with E-state index >= 15 is 0 Å². The van der Waals surface area contributed by atoms with Crippen LogP contribution in [0.2, 0.25) is 0 Å². The van der Waals surface area contributed by atoms with Gasteiger partial charge in [-0.2, -0.15) is 0 Å². The van der Waals surface area contributed by atoms with Crippen molar-refractivity contribution in [2.24, 2.45) is 0 Å². The Bertz CT molecular complexity index is 356. The van der Waals surface area contributed by atoms with Crippen molar-refractivity contribution in [1.29, 1.82) is 0 Å². The van der Waals surface area contributed by atoms with Gasteiger partial charge < -0.3 is 0 Å². The summed E-state index contributed by atoms with van der Waals surface area (Å²) in [5.74, 6) is 0.199. The molecule has 1 aliphatic carbocycles. The molecule has 1 nitrogen and oxygen atoms in total. The second-order valence-electron chi connectivity index (χ2n) is 2.88. The van der Waals surface area contributed by atoms with Gasteiger partial charge in [0.15, 0.2) is 0 Å². The Morgan fingerprint density at radius 2 is 2.33 bits per heavy atom. The van der Waals surface area contributed by atoms with E-state index in [1.165, 1.54) is 3.62 Å². The molecule has 0 atom stereocenters. The first kappa shape index (κ1) is 8.16. The van der Waals surface area contributed by atoms with E-state index in [1.54, 1.807) is 9.63 Å². The number of rotatable bonds is 0. The number of fused-ring (bicyclic) bond motifs is 1. The molecule has 0 fully saturated rings. The third-order valence-corrected chi connectivity index (χ3v) is 5.02. The van der Waals surface area contributed by atoms with Gasteiger partial charge in [-0.1, -0.05) is 0 Å². The van der Waals surface area contributed by atoms with Crippen LogP contribution in [0.3, 0.4) is 0 Å². The molecule has 0 aromatic rings. The third-order valence-electron chi connectivity index (χ3n) is 1.90. The molecule has 0 aromatic carbocycles. The van der Waals surface area contributed by atoms with Crippen molar-refractivity contribution in [3.63, 3.8) is 0 Å². The molecular formula is C10H9OTe. The minimum atomic E-state index is -0.176. The molecule has 12 heavy (non-hydrogen) atoms. The SMILES string of the molecule is CC1=[Te]C2=CC=CC(=O)C2=CC1. The summed E-state index contributed by atoms with van der Waals surface area (Å²) in [6.07, 6.45) is 8.72. The normalized spacial score (nSPS) is 21.1. The van der Waals surface area contributed by atoms with Crippen LogP contribution >= 0.6 is 0 Å². The van der Waals surface area contributed by atoms with Gasteiger partial charge in [0, 0.05) is 0 Å². The molecule has 0 aromatic heterocycles. The van der Waals surface area contributed by atoms with E-state index in [1.807, 2.05) is 6.08 Å². The van der Waals surface area contributed by atoms with Crippen LogP contribution in [0.25, 0.3) is 0 Å². The molecule has 1 radical (unpaired) electrons. The van der Waals surface area contributed by atoms with E-state index in [9.17, 15) is 4.79 Å². The Hall–Kier alpha value is -0.450. The summed E-state index contributed by atoms with van der Waals surface area (Å²) in [5, 5.41) is 0. The Morgan fingerprint density at radius 3 is 3.17 bits per heavy atom. The summed E-state index contributed by atoms with van der Waals surface area (Å²) in [4.78, 5) is 11.4. The zero-order chi connectivity index (χ0) is 8.55. The number of hydrogen-bond acceptors (Lipinski definition) is 1. The van der Waals surface area contributed by atoms with E-state index in [0.717, 1.165) is 12.0 Å². The van der Waals surface area contributed by atoms with E-state index in [2.05, 4.69) is 19.1 Å². The first-order chi connectivity index (χ1) is 5.77. The quantitative estimate of drug-likeness (QED) is 0.607. The summed E-state index contributed by atoms with van der Waals surface area (Å²) in [7, 11) is 0. The Balaban J connectivity index is 2.46. The van der Waals surface area contributed by atoms with Crippen LogP contribution in [0.4, 0.5) is 0 Å². The van der Waals surface area contributed by atoms with Gasteiger partial charge in [0.25, 0.3) is 0 Å².